The molecule has 4 aromatic rings. The number of nitriles is 1. The minimum atomic E-state index is -0.791. The van der Waals surface area contributed by atoms with Gasteiger partial charge in [0.25, 0.3) is 0 Å². The Kier molecular flexibility index (Phi) is 7.86. The molecule has 0 aliphatic heterocycles. The van der Waals surface area contributed by atoms with Gasteiger partial charge in [-0.25, -0.2) is 4.52 Å². The molecule has 0 fully saturated rings. The standard InChI is InChI=1S/C28H28N4O3/c1-2-23-10-11-26-28(22-7-5-6-21(16-22)17-29)24(8-3-4-9-27(33)34)25(31-32(23)26)19-35-18-20-12-14-30-15-13-20/h5-7,10-16H,2-4,8-9,18-19H2,1H3,(H,33,34). The van der Waals surface area contributed by atoms with Crippen molar-refractivity contribution in [2.75, 3.05) is 0 Å². The first kappa shape index (κ1) is 24.1. The number of aryl methyl sites for hydroxylation is 1. The van der Waals surface area contributed by atoms with Gasteiger partial charge in [0.1, 0.15) is 0 Å². The first-order chi connectivity index (χ1) is 17.1. The lowest BCUT2D eigenvalue weighted by Crippen LogP contribution is -2.10. The summed E-state index contributed by atoms with van der Waals surface area (Å²) in [6.07, 6.45) is 6.41. The fourth-order valence-corrected chi connectivity index (χ4v) is 4.30. The molecule has 1 aromatic carbocycles. The maximum atomic E-state index is 11.1. The highest BCUT2D eigenvalue weighted by atomic mass is 16.5. The van der Waals surface area contributed by atoms with Crippen LogP contribution in [0.5, 0.6) is 0 Å². The normalized spacial score (nSPS) is 11.0. The summed E-state index contributed by atoms with van der Waals surface area (Å²) in [4.78, 5) is 15.1. The van der Waals surface area contributed by atoms with Crippen LogP contribution in [0, 0.1) is 11.3 Å². The number of rotatable bonds is 11. The van der Waals surface area contributed by atoms with E-state index in [0.717, 1.165) is 45.6 Å². The Morgan fingerprint density at radius 2 is 1.94 bits per heavy atom. The van der Waals surface area contributed by atoms with E-state index in [1.807, 2.05) is 34.8 Å². The van der Waals surface area contributed by atoms with E-state index in [9.17, 15) is 10.1 Å². The van der Waals surface area contributed by atoms with E-state index in [1.165, 1.54) is 0 Å². The van der Waals surface area contributed by atoms with E-state index >= 15 is 0 Å². The number of benzene rings is 1. The zero-order valence-electron chi connectivity index (χ0n) is 19.8. The summed E-state index contributed by atoms with van der Waals surface area (Å²) in [7, 11) is 0. The molecule has 178 valence electrons. The first-order valence-corrected chi connectivity index (χ1v) is 11.8. The van der Waals surface area contributed by atoms with Crippen LogP contribution in [0.4, 0.5) is 0 Å². The van der Waals surface area contributed by atoms with Gasteiger partial charge in [-0.15, -0.1) is 0 Å². The van der Waals surface area contributed by atoms with Crippen LogP contribution >= 0.6 is 0 Å². The number of aliphatic carboxylic acids is 1. The fraction of sp³-hybridized carbons (Fsp3) is 0.286. The number of carboxylic acid groups (broad SMARTS) is 1. The van der Waals surface area contributed by atoms with Crippen LogP contribution in [0.3, 0.4) is 0 Å². The number of pyridine rings is 1. The molecule has 35 heavy (non-hydrogen) atoms. The summed E-state index contributed by atoms with van der Waals surface area (Å²) < 4.78 is 8.05. The molecule has 0 radical (unpaired) electrons. The lowest BCUT2D eigenvalue weighted by molar-refractivity contribution is -0.137. The van der Waals surface area contributed by atoms with Gasteiger partial charge in [-0.2, -0.15) is 10.4 Å². The molecule has 0 unspecified atom stereocenters. The molecule has 0 saturated carbocycles. The lowest BCUT2D eigenvalue weighted by atomic mass is 9.93. The molecule has 0 spiro atoms. The van der Waals surface area contributed by atoms with Crippen molar-refractivity contribution in [1.29, 1.82) is 5.26 Å². The second-order valence-corrected chi connectivity index (χ2v) is 8.42. The molecule has 3 aromatic heterocycles. The van der Waals surface area contributed by atoms with Gasteiger partial charge in [0.05, 0.1) is 36.1 Å². The number of hydrogen-bond donors (Lipinski definition) is 1. The maximum Gasteiger partial charge on any atom is 0.303 e. The molecule has 0 bridgehead atoms. The zero-order valence-corrected chi connectivity index (χ0v) is 19.8. The van der Waals surface area contributed by atoms with Crippen LogP contribution in [0.2, 0.25) is 0 Å². The Morgan fingerprint density at radius 3 is 2.69 bits per heavy atom. The minimum absolute atomic E-state index is 0.133. The third-order valence-corrected chi connectivity index (χ3v) is 6.03. The molecule has 7 nitrogen and oxygen atoms in total. The third-order valence-electron chi connectivity index (χ3n) is 6.03. The summed E-state index contributed by atoms with van der Waals surface area (Å²) in [5.41, 5.74) is 7.51. The van der Waals surface area contributed by atoms with Crippen LogP contribution in [0.15, 0.2) is 60.9 Å². The summed E-state index contributed by atoms with van der Waals surface area (Å²) in [5, 5.41) is 23.5. The van der Waals surface area contributed by atoms with E-state index in [1.54, 1.807) is 18.5 Å². The van der Waals surface area contributed by atoms with Gasteiger partial charge in [0, 0.05) is 30.1 Å². The summed E-state index contributed by atoms with van der Waals surface area (Å²) in [6, 6.07) is 17.8. The van der Waals surface area contributed by atoms with Crippen LogP contribution in [-0.2, 0) is 35.6 Å². The molecule has 1 N–H and O–H groups in total. The average molecular weight is 469 g/mol. The molecule has 4 rings (SSSR count). The van der Waals surface area contributed by atoms with Crippen molar-refractivity contribution in [3.8, 4) is 17.2 Å². The lowest BCUT2D eigenvalue weighted by Gasteiger charge is -2.18. The van der Waals surface area contributed by atoms with E-state index in [-0.39, 0.29) is 6.42 Å². The molecular weight excluding hydrogens is 440 g/mol. The molecule has 0 atom stereocenters. The number of ether oxygens (including phenoxy) is 1. The quantitative estimate of drug-likeness (QED) is 0.298. The Labute approximate surface area is 204 Å². The topological polar surface area (TPSA) is 101 Å². The number of carboxylic acids is 1. The van der Waals surface area contributed by atoms with Gasteiger partial charge >= 0.3 is 5.97 Å². The molecular formula is C28H28N4O3. The van der Waals surface area contributed by atoms with Crippen molar-refractivity contribution in [2.24, 2.45) is 0 Å². The van der Waals surface area contributed by atoms with E-state index in [2.05, 4.69) is 30.1 Å². The molecule has 0 aliphatic rings. The van der Waals surface area contributed by atoms with Crippen LogP contribution in [0.25, 0.3) is 16.6 Å². The number of nitrogens with zero attached hydrogens (tertiary/aromatic N) is 4. The second-order valence-electron chi connectivity index (χ2n) is 8.42. The summed E-state index contributed by atoms with van der Waals surface area (Å²) in [6.45, 7) is 2.85. The Balaban J connectivity index is 1.78. The molecule has 0 saturated heterocycles. The number of aromatic nitrogens is 3. The highest BCUT2D eigenvalue weighted by molar-refractivity contribution is 5.84. The smallest absolute Gasteiger partial charge is 0.303 e. The van der Waals surface area contributed by atoms with Crippen molar-refractivity contribution in [2.45, 2.75) is 52.2 Å². The second kappa shape index (κ2) is 11.4. The average Bonchev–Trinajstić information content (AvgIpc) is 3.29. The Hall–Kier alpha value is -4.02. The first-order valence-electron chi connectivity index (χ1n) is 11.8. The highest BCUT2D eigenvalue weighted by Gasteiger charge is 2.19. The van der Waals surface area contributed by atoms with Crippen molar-refractivity contribution < 1.29 is 14.6 Å². The van der Waals surface area contributed by atoms with Gasteiger partial charge in [0.2, 0.25) is 0 Å². The van der Waals surface area contributed by atoms with Gasteiger partial charge in [-0.1, -0.05) is 19.1 Å². The van der Waals surface area contributed by atoms with Crippen molar-refractivity contribution in [1.82, 2.24) is 14.6 Å². The van der Waals surface area contributed by atoms with Crippen molar-refractivity contribution in [3.05, 3.63) is 89.0 Å². The SMILES string of the molecule is CCc1ccc2c(-c3cccc(C#N)c3)c(CCCCC(=O)O)c(COCc3ccncc3)nn12. The Bertz CT molecular complexity index is 1360. The van der Waals surface area contributed by atoms with E-state index < -0.39 is 5.97 Å². The van der Waals surface area contributed by atoms with Gasteiger partial charge in [0.15, 0.2) is 0 Å². The maximum absolute atomic E-state index is 11.1. The molecule has 7 heteroatoms. The summed E-state index contributed by atoms with van der Waals surface area (Å²) in [5.74, 6) is -0.791. The predicted octanol–water partition coefficient (Wildman–Crippen LogP) is 5.34. The summed E-state index contributed by atoms with van der Waals surface area (Å²) >= 11 is 0. The molecule has 0 aliphatic carbocycles. The Morgan fingerprint density at radius 1 is 1.11 bits per heavy atom. The third kappa shape index (κ3) is 5.73. The van der Waals surface area contributed by atoms with Crippen LogP contribution in [0.1, 0.15) is 54.3 Å². The zero-order chi connectivity index (χ0) is 24.6. The largest absolute Gasteiger partial charge is 0.481 e. The molecule has 3 heterocycles. The van der Waals surface area contributed by atoms with Gasteiger partial charge in [-0.05, 0) is 78.8 Å². The van der Waals surface area contributed by atoms with Crippen molar-refractivity contribution in [3.63, 3.8) is 0 Å². The number of fused-ring (bicyclic) bond motifs is 1. The van der Waals surface area contributed by atoms with E-state index in [4.69, 9.17) is 14.9 Å². The number of unbranched alkanes of at least 4 members (excludes halogenated alkanes) is 1. The monoisotopic (exact) mass is 468 g/mol. The van der Waals surface area contributed by atoms with Crippen molar-refractivity contribution >= 4 is 11.5 Å². The molecule has 0 amide bonds. The van der Waals surface area contributed by atoms with E-state index in [0.29, 0.717) is 38.0 Å². The van der Waals surface area contributed by atoms with Crippen LogP contribution < -0.4 is 0 Å². The number of hydrogen-bond acceptors (Lipinski definition) is 5. The minimum Gasteiger partial charge on any atom is -0.481 e. The van der Waals surface area contributed by atoms with Gasteiger partial charge in [-0.3, -0.25) is 9.78 Å². The van der Waals surface area contributed by atoms with Gasteiger partial charge < -0.3 is 9.84 Å². The van der Waals surface area contributed by atoms with Crippen LogP contribution in [-0.4, -0.2) is 25.7 Å². The predicted molar refractivity (Wildman–Crippen MR) is 133 cm³/mol. The highest BCUT2D eigenvalue weighted by Crippen LogP contribution is 2.33. The fourth-order valence-electron chi connectivity index (χ4n) is 4.30. The number of carbonyl (C=O) groups is 1.